The Morgan fingerprint density at radius 2 is 1.86 bits per heavy atom. The van der Waals surface area contributed by atoms with Gasteiger partial charge >= 0.3 is 0 Å². The highest BCUT2D eigenvalue weighted by Crippen LogP contribution is 2.36. The minimum atomic E-state index is -0.244. The first kappa shape index (κ1) is 31.3. The number of aryl methyl sites for hydroxylation is 4. The average molecular weight is 663 g/mol. The third kappa shape index (κ3) is 5.48. The van der Waals surface area contributed by atoms with Crippen LogP contribution in [0.4, 0.5) is 17.2 Å². The van der Waals surface area contributed by atoms with Crippen LogP contribution in [0.3, 0.4) is 0 Å². The standard InChI is InChI=1S/C37H42N8O4/c1-4-26-20-42(28-21-49-22-28)11-12-43(26)27-9-10-32(38-18-27)40-29-15-25(19-41(3)36(29)47)33-23(2)17-39-35(34(33)46)45-14-13-44-30-8-6-5-7-24(30)16-31(44)37(45)48/h9-10,13-19,26,28,46H,4-8,11-12,20-22H2,1-3H3,(H,38,40)/t26-/m0/s1. The van der Waals surface area contributed by atoms with Crippen LogP contribution in [0.1, 0.15) is 43.0 Å². The van der Waals surface area contributed by atoms with E-state index < -0.39 is 0 Å². The van der Waals surface area contributed by atoms with Gasteiger partial charge < -0.3 is 29.0 Å². The van der Waals surface area contributed by atoms with E-state index in [4.69, 9.17) is 4.74 Å². The van der Waals surface area contributed by atoms with Crippen molar-refractivity contribution in [3.63, 3.8) is 0 Å². The Kier molecular flexibility index (Phi) is 7.99. The van der Waals surface area contributed by atoms with Crippen LogP contribution >= 0.6 is 0 Å². The van der Waals surface area contributed by atoms with Gasteiger partial charge in [0, 0.05) is 74.3 Å². The zero-order chi connectivity index (χ0) is 33.8. The topological polar surface area (TPSA) is 122 Å². The van der Waals surface area contributed by atoms with Gasteiger partial charge in [0.15, 0.2) is 11.6 Å². The van der Waals surface area contributed by atoms with Crippen LogP contribution in [-0.4, -0.2) is 78.4 Å². The maximum atomic E-state index is 13.7. The Morgan fingerprint density at radius 3 is 2.61 bits per heavy atom. The molecule has 0 bridgehead atoms. The van der Waals surface area contributed by atoms with Gasteiger partial charge in [0.2, 0.25) is 0 Å². The molecule has 3 aliphatic rings. The minimum absolute atomic E-state index is 0.134. The van der Waals surface area contributed by atoms with E-state index in [0.29, 0.717) is 45.8 Å². The van der Waals surface area contributed by atoms with Crippen molar-refractivity contribution in [1.29, 1.82) is 0 Å². The van der Waals surface area contributed by atoms with Crippen molar-refractivity contribution >= 4 is 22.7 Å². The molecule has 0 radical (unpaired) electrons. The van der Waals surface area contributed by atoms with E-state index in [9.17, 15) is 14.7 Å². The second-order valence-corrected chi connectivity index (χ2v) is 13.6. The molecular weight excluding hydrogens is 620 g/mol. The summed E-state index contributed by atoms with van der Waals surface area (Å²) < 4.78 is 10.3. The number of aromatic hydroxyl groups is 1. The second kappa shape index (κ2) is 12.5. The van der Waals surface area contributed by atoms with E-state index in [1.54, 1.807) is 31.7 Å². The molecule has 0 aromatic carbocycles. The first-order valence-corrected chi connectivity index (χ1v) is 17.3. The summed E-state index contributed by atoms with van der Waals surface area (Å²) in [6.07, 6.45) is 13.9. The minimum Gasteiger partial charge on any atom is -0.504 e. The lowest BCUT2D eigenvalue weighted by Crippen LogP contribution is -2.60. The first-order chi connectivity index (χ1) is 23.8. The van der Waals surface area contributed by atoms with Gasteiger partial charge in [0.1, 0.15) is 17.0 Å². The smallest absolute Gasteiger partial charge is 0.280 e. The average Bonchev–Trinajstić information content (AvgIpc) is 3.47. The molecule has 1 atom stereocenters. The van der Waals surface area contributed by atoms with Crippen LogP contribution < -0.4 is 21.3 Å². The molecule has 0 unspecified atom stereocenters. The van der Waals surface area contributed by atoms with Gasteiger partial charge in [-0.3, -0.25) is 19.1 Å². The van der Waals surface area contributed by atoms with Crippen LogP contribution in [0.5, 0.6) is 5.75 Å². The molecule has 0 spiro atoms. The number of pyridine rings is 3. The second-order valence-electron chi connectivity index (χ2n) is 13.6. The summed E-state index contributed by atoms with van der Waals surface area (Å²) in [5.41, 5.74) is 5.66. The Labute approximate surface area is 284 Å². The molecule has 5 aromatic rings. The number of ether oxygens (including phenoxy) is 1. The van der Waals surface area contributed by atoms with Crippen molar-refractivity contribution in [2.24, 2.45) is 7.05 Å². The van der Waals surface area contributed by atoms with Gasteiger partial charge in [-0.1, -0.05) is 6.92 Å². The van der Waals surface area contributed by atoms with Crippen molar-refractivity contribution in [1.82, 2.24) is 28.4 Å². The predicted molar refractivity (Wildman–Crippen MR) is 190 cm³/mol. The largest absolute Gasteiger partial charge is 0.504 e. The van der Waals surface area contributed by atoms with Gasteiger partial charge in [-0.15, -0.1) is 0 Å². The van der Waals surface area contributed by atoms with Crippen LogP contribution in [0.2, 0.25) is 0 Å². The zero-order valence-corrected chi connectivity index (χ0v) is 28.2. The Bertz CT molecular complexity index is 2160. The van der Waals surface area contributed by atoms with Gasteiger partial charge in [-0.2, -0.15) is 0 Å². The van der Waals surface area contributed by atoms with Crippen molar-refractivity contribution in [3.8, 4) is 22.7 Å². The lowest BCUT2D eigenvalue weighted by Gasteiger charge is -2.47. The maximum Gasteiger partial charge on any atom is 0.280 e. The normalized spacial score (nSPS) is 18.4. The van der Waals surface area contributed by atoms with E-state index in [1.165, 1.54) is 20.4 Å². The molecule has 2 aliphatic heterocycles. The molecular formula is C37H42N8O4. The molecule has 5 aromatic heterocycles. The molecule has 0 amide bonds. The first-order valence-electron chi connectivity index (χ1n) is 17.3. The van der Waals surface area contributed by atoms with Crippen LogP contribution in [-0.2, 0) is 24.6 Å². The highest BCUT2D eigenvalue weighted by Gasteiger charge is 2.33. The van der Waals surface area contributed by atoms with E-state index in [2.05, 4.69) is 38.1 Å². The third-order valence-corrected chi connectivity index (χ3v) is 10.5. The molecule has 12 nitrogen and oxygen atoms in total. The highest BCUT2D eigenvalue weighted by atomic mass is 16.5. The Morgan fingerprint density at radius 1 is 1.02 bits per heavy atom. The number of anilines is 3. The molecule has 49 heavy (non-hydrogen) atoms. The fraction of sp³-hybridized carbons (Fsp3) is 0.405. The number of hydrogen-bond acceptors (Lipinski definition) is 9. The Hall–Kier alpha value is -4.94. The molecule has 254 valence electrons. The van der Waals surface area contributed by atoms with Crippen LogP contribution in [0.25, 0.3) is 22.5 Å². The van der Waals surface area contributed by atoms with Crippen LogP contribution in [0.15, 0.2) is 64.8 Å². The summed E-state index contributed by atoms with van der Waals surface area (Å²) in [6, 6.07) is 8.56. The van der Waals surface area contributed by atoms with Gasteiger partial charge in [-0.25, -0.2) is 9.97 Å². The molecule has 8 rings (SSSR count). The Balaban J connectivity index is 1.08. The van der Waals surface area contributed by atoms with Crippen molar-refractivity contribution in [3.05, 3.63) is 92.8 Å². The predicted octanol–water partition coefficient (Wildman–Crippen LogP) is 4.18. The molecule has 12 heteroatoms. The van der Waals surface area contributed by atoms with E-state index >= 15 is 0 Å². The SMILES string of the molecule is CC[C@H]1CN(C2COC2)CCN1c1ccc(Nc2cc(-c3c(C)cnc(-n4ccn5c6c(cc5c4=O)CCCC6)c3O)cn(C)c2=O)nc1. The van der Waals surface area contributed by atoms with Gasteiger partial charge in [0.05, 0.1) is 31.1 Å². The molecule has 7 heterocycles. The fourth-order valence-corrected chi connectivity index (χ4v) is 7.71. The summed E-state index contributed by atoms with van der Waals surface area (Å²) in [4.78, 5) is 41.2. The third-order valence-electron chi connectivity index (χ3n) is 10.5. The molecule has 2 saturated heterocycles. The van der Waals surface area contributed by atoms with Crippen molar-refractivity contribution in [2.45, 2.75) is 58.0 Å². The van der Waals surface area contributed by atoms with Crippen molar-refractivity contribution < 1.29 is 9.84 Å². The number of hydrogen-bond donors (Lipinski definition) is 2. The van der Waals surface area contributed by atoms with E-state index in [-0.39, 0.29) is 22.7 Å². The number of nitrogens with zero attached hydrogens (tertiary/aromatic N) is 7. The van der Waals surface area contributed by atoms with Gasteiger partial charge in [0.25, 0.3) is 11.1 Å². The summed E-state index contributed by atoms with van der Waals surface area (Å²) in [7, 11) is 1.68. The number of rotatable bonds is 7. The summed E-state index contributed by atoms with van der Waals surface area (Å²) in [5.74, 6) is 0.549. The number of nitrogens with one attached hydrogen (secondary N) is 1. The molecule has 2 fully saturated rings. The number of fused-ring (bicyclic) bond motifs is 3. The summed E-state index contributed by atoms with van der Waals surface area (Å²) in [6.45, 7) is 8.65. The van der Waals surface area contributed by atoms with Crippen molar-refractivity contribution in [2.75, 3.05) is 43.1 Å². The zero-order valence-electron chi connectivity index (χ0n) is 28.2. The lowest BCUT2D eigenvalue weighted by atomic mass is 9.98. The monoisotopic (exact) mass is 662 g/mol. The van der Waals surface area contributed by atoms with Gasteiger partial charge in [-0.05, 0) is 74.4 Å². The number of aromatic nitrogens is 5. The molecule has 1 aliphatic carbocycles. The summed E-state index contributed by atoms with van der Waals surface area (Å²) >= 11 is 0. The molecule has 2 N–H and O–H groups in total. The lowest BCUT2D eigenvalue weighted by molar-refractivity contribution is -0.0698. The summed E-state index contributed by atoms with van der Waals surface area (Å²) in [5, 5.41) is 14.9. The number of piperazine rings is 1. The maximum absolute atomic E-state index is 13.7. The fourth-order valence-electron chi connectivity index (χ4n) is 7.71. The van der Waals surface area contributed by atoms with Crippen LogP contribution in [0, 0.1) is 6.92 Å². The quantitative estimate of drug-likeness (QED) is 0.264. The highest BCUT2D eigenvalue weighted by molar-refractivity contribution is 5.78. The van der Waals surface area contributed by atoms with E-state index in [1.807, 2.05) is 35.9 Å². The molecule has 0 saturated carbocycles. The van der Waals surface area contributed by atoms with E-state index in [0.717, 1.165) is 70.6 Å².